The molecule has 0 saturated heterocycles. The van der Waals surface area contributed by atoms with Gasteiger partial charge in [0.1, 0.15) is 0 Å². The smallest absolute Gasteiger partial charge is 0.309 e. The van der Waals surface area contributed by atoms with Crippen LogP contribution >= 0.6 is 0 Å². The van der Waals surface area contributed by atoms with Crippen molar-refractivity contribution in [2.75, 3.05) is 0 Å². The summed E-state index contributed by atoms with van der Waals surface area (Å²) in [6.07, 6.45) is 4.63. The van der Waals surface area contributed by atoms with Crippen molar-refractivity contribution in [3.8, 4) is 0 Å². The summed E-state index contributed by atoms with van der Waals surface area (Å²) in [6, 6.07) is 0. The number of carbonyl (C=O) groups is 1. The van der Waals surface area contributed by atoms with Crippen molar-refractivity contribution < 1.29 is 9.90 Å². The zero-order valence-corrected chi connectivity index (χ0v) is 6.45. The first kappa shape index (κ1) is 9.62. The topological polar surface area (TPSA) is 49.7 Å². The van der Waals surface area contributed by atoms with Gasteiger partial charge in [0.2, 0.25) is 0 Å². The van der Waals surface area contributed by atoms with Gasteiger partial charge in [0.15, 0.2) is 0 Å². The Kier molecular flexibility index (Phi) is 4.73. The number of carboxylic acid groups (broad SMARTS) is 1. The minimum absolute atomic E-state index is 0.0756. The largest absolute Gasteiger partial charge is 0.481 e. The highest BCUT2D eigenvalue weighted by Gasteiger charge is 1.99. The van der Waals surface area contributed by atoms with Gasteiger partial charge >= 0.3 is 5.97 Å². The Hall–Kier alpha value is -1.38. The number of rotatable bonds is 4. The Balaban J connectivity index is 4.15. The van der Waals surface area contributed by atoms with Crippen molar-refractivity contribution in [3.63, 3.8) is 0 Å². The molecule has 0 heterocycles. The third kappa shape index (κ3) is 5.08. The van der Waals surface area contributed by atoms with Crippen molar-refractivity contribution in [2.45, 2.75) is 13.3 Å². The molecule has 0 aromatic heterocycles. The van der Waals surface area contributed by atoms with Crippen molar-refractivity contribution in [1.29, 1.82) is 0 Å². The van der Waals surface area contributed by atoms with Gasteiger partial charge in [0, 0.05) is 6.20 Å². The number of aliphatic carboxylic acids is 1. The molecule has 11 heavy (non-hydrogen) atoms. The van der Waals surface area contributed by atoms with Crippen LogP contribution in [0.25, 0.3) is 0 Å². The summed E-state index contributed by atoms with van der Waals surface area (Å²) >= 11 is 0. The maximum absolute atomic E-state index is 10.2. The first-order valence-corrected chi connectivity index (χ1v) is 3.22. The number of hydrogen-bond donors (Lipinski definition) is 1. The third-order valence-electron chi connectivity index (χ3n) is 0.957. The number of nitrogens with zero attached hydrogens (tertiary/aromatic N) is 1. The van der Waals surface area contributed by atoms with E-state index in [-0.39, 0.29) is 6.42 Å². The Labute approximate surface area is 65.8 Å². The summed E-state index contributed by atoms with van der Waals surface area (Å²) in [5.74, 6) is -0.895. The molecule has 0 aliphatic rings. The standard InChI is InChI=1S/C8H11NO2/c1-3-5-9-7(4-2)6-8(10)11/h3-5H,2,6H2,1H3,(H,10,11)/b5-3-,9-7+. The molecule has 3 heteroatoms. The van der Waals surface area contributed by atoms with Crippen LogP contribution in [0.2, 0.25) is 0 Å². The molecule has 0 spiro atoms. The molecule has 0 aromatic rings. The van der Waals surface area contributed by atoms with Crippen LogP contribution in [0, 0.1) is 0 Å². The van der Waals surface area contributed by atoms with Gasteiger partial charge in [-0.3, -0.25) is 9.79 Å². The van der Waals surface area contributed by atoms with E-state index in [4.69, 9.17) is 5.11 Å². The Bertz CT molecular complexity index is 204. The fourth-order valence-electron chi connectivity index (χ4n) is 0.496. The number of carboxylic acids is 1. The average molecular weight is 153 g/mol. The van der Waals surface area contributed by atoms with E-state index in [1.165, 1.54) is 6.08 Å². The average Bonchev–Trinajstić information content (AvgIpc) is 1.97. The number of allylic oxidation sites excluding steroid dienone is 2. The van der Waals surface area contributed by atoms with E-state index in [2.05, 4.69) is 11.6 Å². The first-order chi connectivity index (χ1) is 5.20. The van der Waals surface area contributed by atoms with Crippen LogP contribution in [-0.2, 0) is 4.79 Å². The van der Waals surface area contributed by atoms with E-state index in [1.54, 1.807) is 12.3 Å². The number of aliphatic imine (C=N–C) groups is 1. The monoisotopic (exact) mass is 153 g/mol. The van der Waals surface area contributed by atoms with Crippen molar-refractivity contribution in [1.82, 2.24) is 0 Å². The van der Waals surface area contributed by atoms with Gasteiger partial charge < -0.3 is 5.11 Å². The highest BCUT2D eigenvalue weighted by Crippen LogP contribution is 1.89. The molecule has 3 nitrogen and oxygen atoms in total. The van der Waals surface area contributed by atoms with Crippen LogP contribution in [-0.4, -0.2) is 16.8 Å². The molecule has 0 rings (SSSR count). The summed E-state index contributed by atoms with van der Waals surface area (Å²) < 4.78 is 0. The van der Waals surface area contributed by atoms with Gasteiger partial charge in [-0.05, 0) is 13.0 Å². The molecule has 0 aliphatic heterocycles. The number of hydrogen-bond acceptors (Lipinski definition) is 2. The lowest BCUT2D eigenvalue weighted by Gasteiger charge is -1.91. The SMILES string of the molecule is C=C/C(CC(=O)O)=N\C=C/C. The Morgan fingerprint density at radius 1 is 1.73 bits per heavy atom. The highest BCUT2D eigenvalue weighted by atomic mass is 16.4. The molecule has 0 atom stereocenters. The summed E-state index contributed by atoms with van der Waals surface area (Å²) in [6.45, 7) is 5.25. The summed E-state index contributed by atoms with van der Waals surface area (Å²) in [5.41, 5.74) is 0.468. The Morgan fingerprint density at radius 2 is 2.36 bits per heavy atom. The molecule has 0 radical (unpaired) electrons. The predicted octanol–water partition coefficient (Wildman–Crippen LogP) is 1.62. The van der Waals surface area contributed by atoms with E-state index in [0.717, 1.165) is 0 Å². The van der Waals surface area contributed by atoms with Crippen LogP contribution in [0.5, 0.6) is 0 Å². The molecule has 60 valence electrons. The van der Waals surface area contributed by atoms with Gasteiger partial charge in [-0.25, -0.2) is 0 Å². The lowest BCUT2D eigenvalue weighted by Crippen LogP contribution is -2.03. The molecule has 1 N–H and O–H groups in total. The van der Waals surface area contributed by atoms with Crippen LogP contribution in [0.4, 0.5) is 0 Å². The van der Waals surface area contributed by atoms with Gasteiger partial charge in [-0.1, -0.05) is 12.7 Å². The molecule has 0 unspecified atom stereocenters. The van der Waals surface area contributed by atoms with Crippen LogP contribution < -0.4 is 0 Å². The van der Waals surface area contributed by atoms with Crippen molar-refractivity contribution in [2.24, 2.45) is 4.99 Å². The van der Waals surface area contributed by atoms with Crippen LogP contribution in [0.3, 0.4) is 0 Å². The molecule has 0 fully saturated rings. The van der Waals surface area contributed by atoms with E-state index in [1.807, 2.05) is 6.92 Å². The van der Waals surface area contributed by atoms with Crippen molar-refractivity contribution >= 4 is 11.7 Å². The van der Waals surface area contributed by atoms with Crippen molar-refractivity contribution in [3.05, 3.63) is 24.9 Å². The second-order valence-electron chi connectivity index (χ2n) is 1.88. The van der Waals surface area contributed by atoms with E-state index in [0.29, 0.717) is 5.71 Å². The molecule has 0 amide bonds. The minimum atomic E-state index is -0.895. The molecular weight excluding hydrogens is 142 g/mol. The fraction of sp³-hybridized carbons (Fsp3) is 0.250. The maximum Gasteiger partial charge on any atom is 0.309 e. The molecule has 0 aliphatic carbocycles. The quantitative estimate of drug-likeness (QED) is 0.624. The zero-order valence-electron chi connectivity index (χ0n) is 6.45. The first-order valence-electron chi connectivity index (χ1n) is 3.22. The minimum Gasteiger partial charge on any atom is -0.481 e. The van der Waals surface area contributed by atoms with E-state index in [9.17, 15) is 4.79 Å². The second-order valence-corrected chi connectivity index (χ2v) is 1.88. The van der Waals surface area contributed by atoms with Gasteiger partial charge in [-0.2, -0.15) is 0 Å². The van der Waals surface area contributed by atoms with E-state index >= 15 is 0 Å². The Morgan fingerprint density at radius 3 is 2.73 bits per heavy atom. The molecule has 0 saturated carbocycles. The summed E-state index contributed by atoms with van der Waals surface area (Å²) in [5, 5.41) is 8.36. The summed E-state index contributed by atoms with van der Waals surface area (Å²) in [4.78, 5) is 14.0. The predicted molar refractivity (Wildman–Crippen MR) is 44.7 cm³/mol. The molecule has 0 aromatic carbocycles. The van der Waals surface area contributed by atoms with E-state index < -0.39 is 5.97 Å². The maximum atomic E-state index is 10.2. The van der Waals surface area contributed by atoms with Gasteiger partial charge in [0.05, 0.1) is 12.1 Å². The zero-order chi connectivity index (χ0) is 8.69. The fourth-order valence-corrected chi connectivity index (χ4v) is 0.496. The van der Waals surface area contributed by atoms with Crippen LogP contribution in [0.1, 0.15) is 13.3 Å². The highest BCUT2D eigenvalue weighted by molar-refractivity contribution is 6.05. The second kappa shape index (κ2) is 5.41. The van der Waals surface area contributed by atoms with Gasteiger partial charge in [-0.15, -0.1) is 0 Å². The molecular formula is C8H11NO2. The van der Waals surface area contributed by atoms with Crippen LogP contribution in [0.15, 0.2) is 29.9 Å². The van der Waals surface area contributed by atoms with Gasteiger partial charge in [0.25, 0.3) is 0 Å². The summed E-state index contributed by atoms with van der Waals surface area (Å²) in [7, 11) is 0. The third-order valence-corrected chi connectivity index (χ3v) is 0.957. The normalized spacial score (nSPS) is 11.9. The lowest BCUT2D eigenvalue weighted by molar-refractivity contribution is -0.135. The molecule has 0 bridgehead atoms. The lowest BCUT2D eigenvalue weighted by atomic mass is 10.3.